The van der Waals surface area contributed by atoms with Gasteiger partial charge in [-0.3, -0.25) is 9.59 Å². The van der Waals surface area contributed by atoms with Gasteiger partial charge in [0.25, 0.3) is 11.9 Å². The number of ether oxygens (including phenoxy) is 1. The molecular formula is C84H120O5. The van der Waals surface area contributed by atoms with Crippen molar-refractivity contribution in [2.75, 3.05) is 0 Å². The fraction of sp³-hybridized carbons (Fsp3) is 0.476. The number of carboxylic acids is 2. The smallest absolute Gasteiger partial charge is 0.300 e. The second kappa shape index (κ2) is 33.9. The summed E-state index contributed by atoms with van der Waals surface area (Å²) >= 11 is 0. The van der Waals surface area contributed by atoms with E-state index in [-0.39, 0.29) is 10.8 Å². The molecule has 2 N–H and O–H groups in total. The highest BCUT2D eigenvalue weighted by Gasteiger charge is 2.18. The van der Waals surface area contributed by atoms with Gasteiger partial charge in [0.1, 0.15) is 11.5 Å². The van der Waals surface area contributed by atoms with E-state index in [4.69, 9.17) is 24.5 Å². The van der Waals surface area contributed by atoms with E-state index in [1.54, 1.807) is 0 Å². The summed E-state index contributed by atoms with van der Waals surface area (Å²) in [6.07, 6.45) is 6.71. The van der Waals surface area contributed by atoms with Crippen molar-refractivity contribution in [3.05, 3.63) is 214 Å². The molecule has 486 valence electrons. The van der Waals surface area contributed by atoms with Crippen LogP contribution in [0.5, 0.6) is 11.5 Å². The molecule has 0 spiro atoms. The molecule has 0 bridgehead atoms. The van der Waals surface area contributed by atoms with E-state index >= 15 is 0 Å². The van der Waals surface area contributed by atoms with Gasteiger partial charge in [0, 0.05) is 13.8 Å². The van der Waals surface area contributed by atoms with Crippen LogP contribution in [0.15, 0.2) is 170 Å². The number of carboxylic acid groups (broad SMARTS) is 2. The summed E-state index contributed by atoms with van der Waals surface area (Å²) in [6.45, 7) is 56.7. The normalized spacial score (nSPS) is 11.9. The first kappa shape index (κ1) is 78.4. The number of hydrogen-bond acceptors (Lipinski definition) is 3. The van der Waals surface area contributed by atoms with Gasteiger partial charge in [-0.05, 0) is 173 Å². The van der Waals surface area contributed by atoms with Gasteiger partial charge in [-0.15, -0.1) is 0 Å². The van der Waals surface area contributed by atoms with E-state index in [2.05, 4.69) is 336 Å². The third-order valence-electron chi connectivity index (χ3n) is 13.6. The summed E-state index contributed by atoms with van der Waals surface area (Å²) in [4.78, 5) is 18.0. The van der Waals surface area contributed by atoms with Crippen LogP contribution in [0, 0.1) is 32.5 Å². The fourth-order valence-corrected chi connectivity index (χ4v) is 9.89. The second-order valence-electron chi connectivity index (χ2n) is 33.7. The Labute approximate surface area is 543 Å². The van der Waals surface area contributed by atoms with Crippen LogP contribution in [0.1, 0.15) is 225 Å². The molecule has 0 aliphatic carbocycles. The van der Waals surface area contributed by atoms with Crippen LogP contribution in [-0.2, 0) is 58.9 Å². The number of hydrogen-bond donors (Lipinski definition) is 2. The molecule has 89 heavy (non-hydrogen) atoms. The lowest BCUT2D eigenvalue weighted by molar-refractivity contribution is -0.135. The Morgan fingerprint density at radius 2 is 0.393 bits per heavy atom. The minimum atomic E-state index is -0.833. The molecular weight excluding hydrogens is 1090 g/mol. The first-order chi connectivity index (χ1) is 40.5. The van der Waals surface area contributed by atoms with Crippen molar-refractivity contribution >= 4 is 11.9 Å². The molecule has 0 heterocycles. The molecule has 0 aromatic heterocycles. The molecule has 0 unspecified atom stereocenters. The van der Waals surface area contributed by atoms with Crippen molar-refractivity contribution in [2.24, 2.45) is 32.5 Å². The Balaban J connectivity index is 0.000000390. The third kappa shape index (κ3) is 37.1. The standard InChI is InChI=1S/C22H30O.C22H30.C20H26.C16H26.2C2H4O2/c1-21(2,3)15-17-7-11-19(12-8-17)23-20-13-9-18(10-14-20)16-22(4,5)6;1-21(2,3)15-17-7-11-19(12-8-17)20-13-9-18(10-14-20)16-22(4,5)6;1-19(2,3)17-11-7-15(8-12-17)16-9-13-18(14-10-16)20(4,5)6;1-15(2,3)11-13-7-9-14(10-8-13)12-16(4,5)6;2*1-2(3)4/h7-14H,15-16H2,1-6H3;7-14H,15-16H2,1-6H3;7-14H,1-6H3;7-10H,11-12H2,1-6H3;2*1H3,(H,3,4). The van der Waals surface area contributed by atoms with Crippen LogP contribution in [0.25, 0.3) is 22.3 Å². The first-order valence-corrected chi connectivity index (χ1v) is 32.3. The molecule has 7 aromatic carbocycles. The predicted octanol–water partition coefficient (Wildman–Crippen LogP) is 24.2. The van der Waals surface area contributed by atoms with Crippen molar-refractivity contribution in [3.8, 4) is 33.8 Å². The zero-order chi connectivity index (χ0) is 68.0. The quantitative estimate of drug-likeness (QED) is 0.143. The Bertz CT molecular complexity index is 2890. The van der Waals surface area contributed by atoms with E-state index < -0.39 is 11.9 Å². The Kier molecular flexibility index (Phi) is 29.9. The van der Waals surface area contributed by atoms with E-state index in [0.717, 1.165) is 63.9 Å². The Morgan fingerprint density at radius 3 is 0.539 bits per heavy atom. The summed E-state index contributed by atoms with van der Waals surface area (Å²) < 4.78 is 5.95. The second-order valence-corrected chi connectivity index (χ2v) is 33.7. The summed E-state index contributed by atoms with van der Waals surface area (Å²) in [5.41, 5.74) is 18.9. The molecule has 0 saturated heterocycles. The van der Waals surface area contributed by atoms with Crippen LogP contribution in [-0.4, -0.2) is 22.2 Å². The highest BCUT2D eigenvalue weighted by atomic mass is 16.5. The van der Waals surface area contributed by atoms with Crippen molar-refractivity contribution in [1.82, 2.24) is 0 Å². The number of rotatable bonds is 10. The molecule has 7 aromatic rings. The van der Waals surface area contributed by atoms with Crippen molar-refractivity contribution in [2.45, 2.75) is 229 Å². The van der Waals surface area contributed by atoms with Gasteiger partial charge in [0.15, 0.2) is 0 Å². The molecule has 0 amide bonds. The number of aliphatic carboxylic acids is 2. The summed E-state index contributed by atoms with van der Waals surface area (Å²) in [7, 11) is 0. The lowest BCUT2D eigenvalue weighted by atomic mass is 9.85. The van der Waals surface area contributed by atoms with Crippen LogP contribution >= 0.6 is 0 Å². The van der Waals surface area contributed by atoms with Crippen LogP contribution in [0.4, 0.5) is 0 Å². The maximum Gasteiger partial charge on any atom is 0.300 e. The third-order valence-corrected chi connectivity index (χ3v) is 13.6. The zero-order valence-corrected chi connectivity index (χ0v) is 60.5. The molecule has 5 nitrogen and oxygen atoms in total. The van der Waals surface area contributed by atoms with Gasteiger partial charge >= 0.3 is 0 Å². The van der Waals surface area contributed by atoms with Gasteiger partial charge in [0.05, 0.1) is 0 Å². The van der Waals surface area contributed by atoms with Crippen LogP contribution in [0.2, 0.25) is 0 Å². The lowest BCUT2D eigenvalue weighted by Gasteiger charge is -2.20. The Morgan fingerprint density at radius 1 is 0.258 bits per heavy atom. The zero-order valence-electron chi connectivity index (χ0n) is 60.5. The van der Waals surface area contributed by atoms with Gasteiger partial charge < -0.3 is 14.9 Å². The molecule has 0 radical (unpaired) electrons. The molecule has 0 fully saturated rings. The topological polar surface area (TPSA) is 83.8 Å². The highest BCUT2D eigenvalue weighted by molar-refractivity contribution is 5.65. The van der Waals surface area contributed by atoms with Crippen molar-refractivity contribution in [3.63, 3.8) is 0 Å². The van der Waals surface area contributed by atoms with E-state index in [0.29, 0.717) is 32.5 Å². The molecule has 7 rings (SSSR count). The SMILES string of the molecule is CC(=O)O.CC(=O)O.CC(C)(C)Cc1ccc(-c2ccc(CC(C)(C)C)cc2)cc1.CC(C)(C)Cc1ccc(CC(C)(C)C)cc1.CC(C)(C)Cc1ccc(Oc2ccc(CC(C)(C)C)cc2)cc1.CC(C)(C)c1ccc(-c2ccc(C(C)(C)C)cc2)cc1. The van der Waals surface area contributed by atoms with Crippen LogP contribution < -0.4 is 4.74 Å². The van der Waals surface area contributed by atoms with E-state index in [1.165, 1.54) is 66.8 Å². The monoisotopic (exact) mass is 1210 g/mol. The minimum Gasteiger partial charge on any atom is -0.481 e. The number of benzene rings is 7. The number of carbonyl (C=O) groups is 2. The van der Waals surface area contributed by atoms with Crippen molar-refractivity contribution in [1.29, 1.82) is 0 Å². The van der Waals surface area contributed by atoms with Gasteiger partial charge in [-0.1, -0.05) is 312 Å². The summed E-state index contributed by atoms with van der Waals surface area (Å²) in [6, 6.07) is 62.0. The summed E-state index contributed by atoms with van der Waals surface area (Å²) in [5.74, 6) is 0.123. The maximum absolute atomic E-state index is 9.00. The van der Waals surface area contributed by atoms with Crippen LogP contribution in [0.3, 0.4) is 0 Å². The highest BCUT2D eigenvalue weighted by Crippen LogP contribution is 2.32. The predicted molar refractivity (Wildman–Crippen MR) is 386 cm³/mol. The maximum atomic E-state index is 9.00. The average molecular weight is 1210 g/mol. The first-order valence-electron chi connectivity index (χ1n) is 32.3. The van der Waals surface area contributed by atoms with Crippen molar-refractivity contribution < 1.29 is 24.5 Å². The Hall–Kier alpha value is -6.72. The summed E-state index contributed by atoms with van der Waals surface area (Å²) in [5, 5.41) is 14.8. The van der Waals surface area contributed by atoms with E-state index in [1.807, 2.05) is 0 Å². The largest absolute Gasteiger partial charge is 0.481 e. The van der Waals surface area contributed by atoms with Gasteiger partial charge in [-0.25, -0.2) is 0 Å². The fourth-order valence-electron chi connectivity index (χ4n) is 9.89. The minimum absolute atomic E-state index is 0.217. The lowest BCUT2D eigenvalue weighted by Crippen LogP contribution is -2.10. The molecule has 0 aliphatic heterocycles. The molecule has 0 aliphatic rings. The molecule has 0 saturated carbocycles. The average Bonchev–Trinajstić information content (AvgIpc) is 3.59. The van der Waals surface area contributed by atoms with E-state index in [9.17, 15) is 0 Å². The van der Waals surface area contributed by atoms with Gasteiger partial charge in [0.2, 0.25) is 0 Å². The van der Waals surface area contributed by atoms with Gasteiger partial charge in [-0.2, -0.15) is 0 Å². The molecule has 0 atom stereocenters. The molecule has 5 heteroatoms.